The second-order valence-electron chi connectivity index (χ2n) is 8.45. The van der Waals surface area contributed by atoms with Crippen LogP contribution >= 0.6 is 11.3 Å². The summed E-state index contributed by atoms with van der Waals surface area (Å²) in [5, 5.41) is 5.23. The van der Waals surface area contributed by atoms with Crippen molar-refractivity contribution in [3.05, 3.63) is 51.0 Å². The number of rotatable bonds is 5. The van der Waals surface area contributed by atoms with Crippen molar-refractivity contribution in [3.8, 4) is 0 Å². The summed E-state index contributed by atoms with van der Waals surface area (Å²) in [6.45, 7) is 8.95. The zero-order valence-electron chi connectivity index (χ0n) is 17.8. The molecule has 6 nitrogen and oxygen atoms in total. The molecule has 0 bridgehead atoms. The minimum absolute atomic E-state index is 0.0570. The molecule has 2 aromatic rings. The lowest BCUT2D eigenvalue weighted by Gasteiger charge is -2.37. The first-order valence-electron chi connectivity index (χ1n) is 10.8. The van der Waals surface area contributed by atoms with E-state index in [1.807, 2.05) is 0 Å². The highest BCUT2D eigenvalue weighted by atomic mass is 32.1. The number of carbonyl (C=O) groups is 2. The number of piperidine rings is 1. The number of nitrogens with zero attached hydrogens (tertiary/aromatic N) is 3. The van der Waals surface area contributed by atoms with Crippen LogP contribution < -0.4 is 5.32 Å². The van der Waals surface area contributed by atoms with E-state index in [-0.39, 0.29) is 17.7 Å². The summed E-state index contributed by atoms with van der Waals surface area (Å²) in [6.07, 6.45) is 4.57. The van der Waals surface area contributed by atoms with E-state index in [4.69, 9.17) is 0 Å². The second-order valence-corrected chi connectivity index (χ2v) is 9.34. The van der Waals surface area contributed by atoms with Gasteiger partial charge in [0.1, 0.15) is 0 Å². The standard InChI is InChI=1S/C23H30N4O2S/c1-16-12-18-5-9-27(15-20(18)13-17(16)2)23(29)19-4-3-8-26(14-19)10-6-24-21(28)22-25-7-11-30-22/h7,11-13,19H,3-6,8-10,14-15H2,1-2H3,(H,24,28). The molecule has 2 aliphatic rings. The smallest absolute Gasteiger partial charge is 0.280 e. The molecule has 1 unspecified atom stereocenters. The van der Waals surface area contributed by atoms with Crippen LogP contribution in [0.1, 0.15) is 44.9 Å². The van der Waals surface area contributed by atoms with E-state index >= 15 is 0 Å². The van der Waals surface area contributed by atoms with Gasteiger partial charge in [0.25, 0.3) is 5.91 Å². The monoisotopic (exact) mass is 426 g/mol. The summed E-state index contributed by atoms with van der Waals surface area (Å²) < 4.78 is 0. The van der Waals surface area contributed by atoms with Gasteiger partial charge in [-0.2, -0.15) is 0 Å². The molecule has 1 saturated heterocycles. The SMILES string of the molecule is Cc1cc2c(cc1C)CN(C(=O)C1CCCN(CCNC(=O)c3nccs3)C1)CC2. The van der Waals surface area contributed by atoms with Crippen molar-refractivity contribution in [1.82, 2.24) is 20.1 Å². The second kappa shape index (κ2) is 9.27. The van der Waals surface area contributed by atoms with Gasteiger partial charge in [0.05, 0.1) is 5.92 Å². The molecule has 1 aromatic heterocycles. The Morgan fingerprint density at radius 3 is 2.77 bits per heavy atom. The first-order chi connectivity index (χ1) is 14.5. The molecule has 160 valence electrons. The van der Waals surface area contributed by atoms with Crippen molar-refractivity contribution < 1.29 is 9.59 Å². The Morgan fingerprint density at radius 2 is 2.00 bits per heavy atom. The molecule has 30 heavy (non-hydrogen) atoms. The number of benzene rings is 1. The number of amides is 2. The van der Waals surface area contributed by atoms with Crippen LogP contribution in [-0.2, 0) is 17.8 Å². The maximum absolute atomic E-state index is 13.2. The van der Waals surface area contributed by atoms with Crippen molar-refractivity contribution in [2.75, 3.05) is 32.7 Å². The highest BCUT2D eigenvalue weighted by Crippen LogP contribution is 2.26. The molecule has 4 rings (SSSR count). The Morgan fingerprint density at radius 1 is 1.20 bits per heavy atom. The molecule has 2 amide bonds. The van der Waals surface area contributed by atoms with Crippen LogP contribution in [0, 0.1) is 19.8 Å². The molecular formula is C23H30N4O2S. The van der Waals surface area contributed by atoms with Gasteiger partial charge in [-0.25, -0.2) is 4.98 Å². The van der Waals surface area contributed by atoms with E-state index < -0.39 is 0 Å². The summed E-state index contributed by atoms with van der Waals surface area (Å²) >= 11 is 1.35. The van der Waals surface area contributed by atoms with Crippen LogP contribution in [0.3, 0.4) is 0 Å². The van der Waals surface area contributed by atoms with Crippen molar-refractivity contribution in [2.24, 2.45) is 5.92 Å². The van der Waals surface area contributed by atoms with Gasteiger partial charge >= 0.3 is 0 Å². The van der Waals surface area contributed by atoms with Gasteiger partial charge in [-0.3, -0.25) is 9.59 Å². The van der Waals surface area contributed by atoms with Gasteiger partial charge < -0.3 is 15.1 Å². The highest BCUT2D eigenvalue weighted by molar-refractivity contribution is 7.11. The number of aryl methyl sites for hydroxylation is 2. The number of likely N-dealkylation sites (tertiary alicyclic amines) is 1. The molecule has 0 spiro atoms. The van der Waals surface area contributed by atoms with Gasteiger partial charge in [0.15, 0.2) is 5.01 Å². The average molecular weight is 427 g/mol. The van der Waals surface area contributed by atoms with Gasteiger partial charge in [-0.05, 0) is 61.9 Å². The molecule has 0 saturated carbocycles. The normalized spacial score (nSPS) is 19.4. The molecule has 2 aliphatic heterocycles. The minimum atomic E-state index is -0.118. The fraction of sp³-hybridized carbons (Fsp3) is 0.522. The van der Waals surface area contributed by atoms with Crippen molar-refractivity contribution in [3.63, 3.8) is 0 Å². The lowest BCUT2D eigenvalue weighted by molar-refractivity contribution is -0.138. The van der Waals surface area contributed by atoms with Gasteiger partial charge in [0, 0.05) is 44.3 Å². The third kappa shape index (κ3) is 4.73. The predicted octanol–water partition coefficient (Wildman–Crippen LogP) is 2.79. The van der Waals surface area contributed by atoms with E-state index in [2.05, 4.69) is 46.1 Å². The maximum Gasteiger partial charge on any atom is 0.280 e. The fourth-order valence-corrected chi connectivity index (χ4v) is 5.05. The molecule has 1 aromatic carbocycles. The Hall–Kier alpha value is -2.25. The summed E-state index contributed by atoms with van der Waals surface area (Å²) in [6, 6.07) is 4.54. The van der Waals surface area contributed by atoms with Crippen LogP contribution in [0.5, 0.6) is 0 Å². The number of hydrogen-bond donors (Lipinski definition) is 1. The molecule has 1 N–H and O–H groups in total. The van der Waals surface area contributed by atoms with Crippen molar-refractivity contribution in [1.29, 1.82) is 0 Å². The maximum atomic E-state index is 13.2. The van der Waals surface area contributed by atoms with Crippen LogP contribution in [0.15, 0.2) is 23.7 Å². The van der Waals surface area contributed by atoms with E-state index in [0.29, 0.717) is 11.6 Å². The Kier molecular flexibility index (Phi) is 6.49. The molecule has 1 atom stereocenters. The fourth-order valence-electron chi connectivity index (χ4n) is 4.50. The Labute approximate surface area is 182 Å². The van der Waals surface area contributed by atoms with Crippen molar-refractivity contribution >= 4 is 23.2 Å². The molecule has 0 aliphatic carbocycles. The van der Waals surface area contributed by atoms with E-state index in [9.17, 15) is 9.59 Å². The lowest BCUT2D eigenvalue weighted by atomic mass is 9.92. The van der Waals surface area contributed by atoms with Crippen LogP contribution in [0.2, 0.25) is 0 Å². The summed E-state index contributed by atoms with van der Waals surface area (Å²) in [5.74, 6) is 0.226. The largest absolute Gasteiger partial charge is 0.349 e. The number of nitrogens with one attached hydrogen (secondary N) is 1. The van der Waals surface area contributed by atoms with E-state index in [1.165, 1.54) is 33.6 Å². The number of thiazole rings is 1. The number of fused-ring (bicyclic) bond motifs is 1. The summed E-state index contributed by atoms with van der Waals surface area (Å²) in [4.78, 5) is 33.6. The Balaban J connectivity index is 1.29. The van der Waals surface area contributed by atoms with Crippen LogP contribution in [0.25, 0.3) is 0 Å². The van der Waals surface area contributed by atoms with Gasteiger partial charge in [-0.1, -0.05) is 12.1 Å². The van der Waals surface area contributed by atoms with E-state index in [0.717, 1.165) is 52.0 Å². The van der Waals surface area contributed by atoms with Crippen LogP contribution in [0.4, 0.5) is 0 Å². The van der Waals surface area contributed by atoms with Crippen LogP contribution in [-0.4, -0.2) is 59.3 Å². The molecule has 0 radical (unpaired) electrons. The predicted molar refractivity (Wildman–Crippen MR) is 119 cm³/mol. The van der Waals surface area contributed by atoms with Gasteiger partial charge in [0.2, 0.25) is 5.91 Å². The minimum Gasteiger partial charge on any atom is -0.349 e. The number of carbonyl (C=O) groups excluding carboxylic acids is 2. The highest BCUT2D eigenvalue weighted by Gasteiger charge is 2.31. The Bertz CT molecular complexity index is 912. The zero-order chi connectivity index (χ0) is 21.1. The first-order valence-corrected chi connectivity index (χ1v) is 11.7. The molecule has 3 heterocycles. The number of hydrogen-bond acceptors (Lipinski definition) is 5. The third-order valence-corrected chi connectivity index (χ3v) is 7.11. The van der Waals surface area contributed by atoms with E-state index in [1.54, 1.807) is 11.6 Å². The lowest BCUT2D eigenvalue weighted by Crippen LogP contribution is -2.47. The summed E-state index contributed by atoms with van der Waals surface area (Å²) in [7, 11) is 0. The average Bonchev–Trinajstić information content (AvgIpc) is 3.29. The first kappa shape index (κ1) is 21.0. The third-order valence-electron chi connectivity index (χ3n) is 6.33. The molecule has 1 fully saturated rings. The topological polar surface area (TPSA) is 65.5 Å². The van der Waals surface area contributed by atoms with Crippen molar-refractivity contribution in [2.45, 2.75) is 39.7 Å². The zero-order valence-corrected chi connectivity index (χ0v) is 18.6. The summed E-state index contributed by atoms with van der Waals surface area (Å²) in [5.41, 5.74) is 5.32. The molecular weight excluding hydrogens is 396 g/mol. The quantitative estimate of drug-likeness (QED) is 0.799. The number of aromatic nitrogens is 1. The molecule has 7 heteroatoms. The van der Waals surface area contributed by atoms with Gasteiger partial charge in [-0.15, -0.1) is 11.3 Å².